The predicted octanol–water partition coefficient (Wildman–Crippen LogP) is 3.33. The molecule has 2 heterocycles. The maximum Gasteiger partial charge on any atom is 0.256 e. The average Bonchev–Trinajstić information content (AvgIpc) is 2.48. The SMILES string of the molecule is Cc1cc(C(=O)Nc2ccc(F)nc2)c2ccccc2n1. The van der Waals surface area contributed by atoms with Gasteiger partial charge in [0, 0.05) is 11.1 Å². The Hall–Kier alpha value is -2.82. The van der Waals surface area contributed by atoms with E-state index in [0.717, 1.165) is 16.6 Å². The molecule has 0 atom stereocenters. The van der Waals surface area contributed by atoms with Crippen LogP contribution in [0.4, 0.5) is 10.1 Å². The Kier molecular flexibility index (Phi) is 3.31. The van der Waals surface area contributed by atoms with E-state index in [-0.39, 0.29) is 5.91 Å². The van der Waals surface area contributed by atoms with Crippen LogP contribution in [0.2, 0.25) is 0 Å². The average molecular weight is 281 g/mol. The van der Waals surface area contributed by atoms with Gasteiger partial charge in [-0.3, -0.25) is 9.78 Å². The highest BCUT2D eigenvalue weighted by atomic mass is 19.1. The summed E-state index contributed by atoms with van der Waals surface area (Å²) >= 11 is 0. The Morgan fingerprint density at radius 2 is 2.00 bits per heavy atom. The molecule has 0 saturated carbocycles. The molecule has 21 heavy (non-hydrogen) atoms. The summed E-state index contributed by atoms with van der Waals surface area (Å²) in [5.74, 6) is -0.858. The van der Waals surface area contributed by atoms with Gasteiger partial charge >= 0.3 is 0 Å². The molecule has 3 rings (SSSR count). The van der Waals surface area contributed by atoms with E-state index in [0.29, 0.717) is 11.3 Å². The molecule has 5 heteroatoms. The number of hydrogen-bond acceptors (Lipinski definition) is 3. The highest BCUT2D eigenvalue weighted by Crippen LogP contribution is 2.19. The third-order valence-electron chi connectivity index (χ3n) is 3.07. The van der Waals surface area contributed by atoms with Gasteiger partial charge in [-0.1, -0.05) is 18.2 Å². The van der Waals surface area contributed by atoms with Crippen LogP contribution in [0, 0.1) is 12.9 Å². The second kappa shape index (κ2) is 5.28. The molecule has 0 unspecified atom stereocenters. The summed E-state index contributed by atoms with van der Waals surface area (Å²) in [4.78, 5) is 20.3. The number of nitrogens with zero attached hydrogens (tertiary/aromatic N) is 2. The summed E-state index contributed by atoms with van der Waals surface area (Å²) in [5, 5.41) is 3.48. The van der Waals surface area contributed by atoms with Crippen molar-refractivity contribution in [2.45, 2.75) is 6.92 Å². The molecule has 0 aliphatic carbocycles. The van der Waals surface area contributed by atoms with E-state index < -0.39 is 5.95 Å². The van der Waals surface area contributed by atoms with Gasteiger partial charge in [-0.25, -0.2) is 4.98 Å². The maximum absolute atomic E-state index is 12.8. The standard InChI is InChI=1S/C16H12FN3O/c1-10-8-13(12-4-2-3-5-14(12)19-10)16(21)20-11-6-7-15(17)18-9-11/h2-9H,1H3,(H,20,21). The van der Waals surface area contributed by atoms with Crippen molar-refractivity contribution in [2.75, 3.05) is 5.32 Å². The zero-order valence-electron chi connectivity index (χ0n) is 11.3. The normalized spacial score (nSPS) is 10.6. The summed E-state index contributed by atoms with van der Waals surface area (Å²) in [6.45, 7) is 1.84. The molecular formula is C16H12FN3O. The van der Waals surface area contributed by atoms with Gasteiger partial charge in [0.05, 0.1) is 23.0 Å². The molecule has 104 valence electrons. The topological polar surface area (TPSA) is 54.9 Å². The minimum absolute atomic E-state index is 0.273. The maximum atomic E-state index is 12.8. The van der Waals surface area contributed by atoms with Crippen molar-refractivity contribution < 1.29 is 9.18 Å². The third kappa shape index (κ3) is 2.72. The van der Waals surface area contributed by atoms with Gasteiger partial charge < -0.3 is 5.32 Å². The second-order valence-corrected chi connectivity index (χ2v) is 4.65. The Morgan fingerprint density at radius 1 is 1.19 bits per heavy atom. The lowest BCUT2D eigenvalue weighted by molar-refractivity contribution is 0.102. The number of hydrogen-bond donors (Lipinski definition) is 1. The first-order chi connectivity index (χ1) is 10.1. The van der Waals surface area contributed by atoms with Crippen molar-refractivity contribution in [3.05, 3.63) is 65.9 Å². The summed E-state index contributed by atoms with van der Waals surface area (Å²) in [7, 11) is 0. The molecule has 0 fully saturated rings. The van der Waals surface area contributed by atoms with Gasteiger partial charge in [0.1, 0.15) is 0 Å². The van der Waals surface area contributed by atoms with Crippen LogP contribution in [0.5, 0.6) is 0 Å². The van der Waals surface area contributed by atoms with E-state index in [1.807, 2.05) is 31.2 Å². The Labute approximate surface area is 120 Å². The summed E-state index contributed by atoms with van der Waals surface area (Å²) in [6.07, 6.45) is 1.28. The lowest BCUT2D eigenvalue weighted by atomic mass is 10.1. The molecule has 1 aromatic carbocycles. The van der Waals surface area contributed by atoms with Crippen molar-refractivity contribution in [3.63, 3.8) is 0 Å². The molecule has 0 bridgehead atoms. The Bertz CT molecular complexity index is 815. The fourth-order valence-corrected chi connectivity index (χ4v) is 2.14. The number of aryl methyl sites for hydroxylation is 1. The number of carbonyl (C=O) groups is 1. The minimum atomic E-state index is -0.585. The fourth-order valence-electron chi connectivity index (χ4n) is 2.14. The lowest BCUT2D eigenvalue weighted by Gasteiger charge is -2.08. The fraction of sp³-hybridized carbons (Fsp3) is 0.0625. The molecule has 1 N–H and O–H groups in total. The minimum Gasteiger partial charge on any atom is -0.321 e. The zero-order valence-corrected chi connectivity index (χ0v) is 11.3. The Balaban J connectivity index is 1.99. The number of nitrogens with one attached hydrogen (secondary N) is 1. The van der Waals surface area contributed by atoms with Crippen molar-refractivity contribution in [1.29, 1.82) is 0 Å². The zero-order chi connectivity index (χ0) is 14.8. The largest absolute Gasteiger partial charge is 0.321 e. The van der Waals surface area contributed by atoms with Crippen LogP contribution in [0.25, 0.3) is 10.9 Å². The molecule has 0 aliphatic heterocycles. The highest BCUT2D eigenvalue weighted by molar-refractivity contribution is 6.12. The van der Waals surface area contributed by atoms with Crippen molar-refractivity contribution in [2.24, 2.45) is 0 Å². The monoisotopic (exact) mass is 281 g/mol. The predicted molar refractivity (Wildman–Crippen MR) is 78.6 cm³/mol. The number of pyridine rings is 2. The van der Waals surface area contributed by atoms with Crippen molar-refractivity contribution in [1.82, 2.24) is 9.97 Å². The quantitative estimate of drug-likeness (QED) is 0.733. The highest BCUT2D eigenvalue weighted by Gasteiger charge is 2.12. The van der Waals surface area contributed by atoms with Gasteiger partial charge in [-0.15, -0.1) is 0 Å². The van der Waals surface area contributed by atoms with E-state index in [4.69, 9.17) is 0 Å². The number of halogens is 1. The number of para-hydroxylation sites is 1. The third-order valence-corrected chi connectivity index (χ3v) is 3.07. The smallest absolute Gasteiger partial charge is 0.256 e. The Morgan fingerprint density at radius 3 is 2.76 bits per heavy atom. The first-order valence-corrected chi connectivity index (χ1v) is 6.43. The second-order valence-electron chi connectivity index (χ2n) is 4.65. The number of fused-ring (bicyclic) bond motifs is 1. The van der Waals surface area contributed by atoms with Crippen LogP contribution >= 0.6 is 0 Å². The van der Waals surface area contributed by atoms with E-state index in [1.165, 1.54) is 18.3 Å². The molecule has 4 nitrogen and oxygen atoms in total. The van der Waals surface area contributed by atoms with Crippen LogP contribution in [-0.4, -0.2) is 15.9 Å². The molecule has 0 spiro atoms. The number of benzene rings is 1. The molecule has 2 aromatic heterocycles. The summed E-state index contributed by atoms with van der Waals surface area (Å²) in [5.41, 5.74) is 2.50. The van der Waals surface area contributed by atoms with Crippen LogP contribution in [0.3, 0.4) is 0 Å². The first-order valence-electron chi connectivity index (χ1n) is 6.43. The van der Waals surface area contributed by atoms with Crippen molar-refractivity contribution >= 4 is 22.5 Å². The van der Waals surface area contributed by atoms with Gasteiger partial charge in [0.15, 0.2) is 0 Å². The van der Waals surface area contributed by atoms with Gasteiger partial charge in [0.25, 0.3) is 5.91 Å². The van der Waals surface area contributed by atoms with Gasteiger partial charge in [0.2, 0.25) is 5.95 Å². The summed E-state index contributed by atoms with van der Waals surface area (Å²) < 4.78 is 12.8. The number of aromatic nitrogens is 2. The van der Waals surface area contributed by atoms with Gasteiger partial charge in [-0.05, 0) is 31.2 Å². The number of anilines is 1. The number of rotatable bonds is 2. The lowest BCUT2D eigenvalue weighted by Crippen LogP contribution is -2.13. The molecule has 3 aromatic rings. The van der Waals surface area contributed by atoms with Crippen molar-refractivity contribution in [3.8, 4) is 0 Å². The molecule has 0 aliphatic rings. The van der Waals surface area contributed by atoms with Gasteiger partial charge in [-0.2, -0.15) is 4.39 Å². The van der Waals surface area contributed by atoms with Crippen LogP contribution in [-0.2, 0) is 0 Å². The van der Waals surface area contributed by atoms with Crippen LogP contribution in [0.15, 0.2) is 48.7 Å². The number of carbonyl (C=O) groups excluding carboxylic acids is 1. The molecule has 1 amide bonds. The van der Waals surface area contributed by atoms with E-state index in [1.54, 1.807) is 6.07 Å². The van der Waals surface area contributed by atoms with E-state index >= 15 is 0 Å². The molecule has 0 saturated heterocycles. The van der Waals surface area contributed by atoms with E-state index in [2.05, 4.69) is 15.3 Å². The molecule has 0 radical (unpaired) electrons. The van der Waals surface area contributed by atoms with E-state index in [9.17, 15) is 9.18 Å². The molecular weight excluding hydrogens is 269 g/mol. The first kappa shape index (κ1) is 13.2. The number of amides is 1. The van der Waals surface area contributed by atoms with Crippen LogP contribution < -0.4 is 5.32 Å². The summed E-state index contributed by atoms with van der Waals surface area (Å²) in [6, 6.07) is 11.8. The van der Waals surface area contributed by atoms with Crippen LogP contribution in [0.1, 0.15) is 16.1 Å².